The molecule has 2 aromatic carbocycles. The molecule has 2 heterocycles. The maximum Gasteiger partial charge on any atom is 0.190 e. The lowest BCUT2D eigenvalue weighted by Gasteiger charge is -2.03. The first-order valence-electron chi connectivity index (χ1n) is 8.69. The van der Waals surface area contributed by atoms with Crippen LogP contribution >= 0.6 is 0 Å². The predicted molar refractivity (Wildman–Crippen MR) is 108 cm³/mol. The van der Waals surface area contributed by atoms with Crippen molar-refractivity contribution >= 4 is 39.7 Å². The molecule has 28 heavy (non-hydrogen) atoms. The molecular weight excluding hydrogens is 350 g/mol. The van der Waals surface area contributed by atoms with Gasteiger partial charge in [0, 0.05) is 34.6 Å². The summed E-state index contributed by atoms with van der Waals surface area (Å²) in [5.41, 5.74) is 8.74. The highest BCUT2D eigenvalue weighted by Gasteiger charge is 2.11. The standard InChI is InChI=1S/C21H15N7/c1-2-28-18-6-4-3-5-14(18)15-9-13(7-8-19(15)28)12-25-21-17(11-23)26-20(24)16(10-22)27-21/h3-9,12H,2H2,1H3,(H2,24,26). The van der Waals surface area contributed by atoms with Gasteiger partial charge in [0.15, 0.2) is 23.0 Å². The van der Waals surface area contributed by atoms with Crippen molar-refractivity contribution < 1.29 is 0 Å². The van der Waals surface area contributed by atoms with Crippen LogP contribution in [-0.4, -0.2) is 20.7 Å². The number of aromatic nitrogens is 3. The molecule has 4 rings (SSSR count). The second-order valence-electron chi connectivity index (χ2n) is 6.15. The van der Waals surface area contributed by atoms with Crippen molar-refractivity contribution in [2.45, 2.75) is 13.5 Å². The third kappa shape index (κ3) is 2.72. The van der Waals surface area contributed by atoms with Crippen LogP contribution in [0.15, 0.2) is 47.5 Å². The number of nitrogen functional groups attached to an aromatic ring is 1. The molecule has 7 heteroatoms. The van der Waals surface area contributed by atoms with E-state index in [0.717, 1.165) is 23.0 Å². The topological polar surface area (TPSA) is 117 Å². The fraction of sp³-hybridized carbons (Fsp3) is 0.0952. The van der Waals surface area contributed by atoms with Gasteiger partial charge in [0.25, 0.3) is 0 Å². The van der Waals surface area contributed by atoms with Gasteiger partial charge in [0.2, 0.25) is 0 Å². The van der Waals surface area contributed by atoms with Gasteiger partial charge < -0.3 is 10.3 Å². The zero-order valence-electron chi connectivity index (χ0n) is 15.1. The molecule has 7 nitrogen and oxygen atoms in total. The maximum atomic E-state index is 9.23. The number of aryl methyl sites for hydroxylation is 1. The first-order chi connectivity index (χ1) is 13.7. The van der Waals surface area contributed by atoms with Crippen LogP contribution in [0.5, 0.6) is 0 Å². The Morgan fingerprint density at radius 2 is 1.79 bits per heavy atom. The molecule has 0 aliphatic carbocycles. The van der Waals surface area contributed by atoms with Crippen molar-refractivity contribution in [2.24, 2.45) is 4.99 Å². The van der Waals surface area contributed by atoms with Gasteiger partial charge in [-0.2, -0.15) is 10.5 Å². The molecule has 0 radical (unpaired) electrons. The Morgan fingerprint density at radius 1 is 1.04 bits per heavy atom. The summed E-state index contributed by atoms with van der Waals surface area (Å²) in [4.78, 5) is 12.2. The van der Waals surface area contributed by atoms with Crippen LogP contribution in [0.1, 0.15) is 23.9 Å². The number of aliphatic imine (C=N–C) groups is 1. The average molecular weight is 365 g/mol. The van der Waals surface area contributed by atoms with Crippen molar-refractivity contribution in [1.82, 2.24) is 14.5 Å². The number of hydrogen-bond donors (Lipinski definition) is 1. The monoisotopic (exact) mass is 365 g/mol. The molecule has 2 aromatic heterocycles. The van der Waals surface area contributed by atoms with Crippen molar-refractivity contribution in [3.8, 4) is 12.1 Å². The van der Waals surface area contributed by atoms with Crippen LogP contribution in [0, 0.1) is 22.7 Å². The molecule has 134 valence electrons. The Kier molecular flexibility index (Phi) is 4.19. The Hall–Kier alpha value is -4.23. The van der Waals surface area contributed by atoms with E-state index < -0.39 is 0 Å². The fourth-order valence-electron chi connectivity index (χ4n) is 3.31. The van der Waals surface area contributed by atoms with Crippen LogP contribution in [-0.2, 0) is 6.54 Å². The molecule has 0 atom stereocenters. The summed E-state index contributed by atoms with van der Waals surface area (Å²) in [6, 6.07) is 18.1. The predicted octanol–water partition coefficient (Wildman–Crippen LogP) is 3.68. The summed E-state index contributed by atoms with van der Waals surface area (Å²) in [6.07, 6.45) is 1.61. The lowest BCUT2D eigenvalue weighted by Crippen LogP contribution is -2.01. The zero-order valence-corrected chi connectivity index (χ0v) is 15.1. The Labute approximate surface area is 161 Å². The highest BCUT2D eigenvalue weighted by Crippen LogP contribution is 2.29. The van der Waals surface area contributed by atoms with Gasteiger partial charge in [0.05, 0.1) is 0 Å². The number of benzene rings is 2. The minimum atomic E-state index is -0.0770. The minimum absolute atomic E-state index is 0.0172. The van der Waals surface area contributed by atoms with E-state index in [4.69, 9.17) is 11.0 Å². The first kappa shape index (κ1) is 17.2. The number of anilines is 1. The Morgan fingerprint density at radius 3 is 2.54 bits per heavy atom. The maximum absolute atomic E-state index is 9.23. The molecule has 0 saturated carbocycles. The number of nitrogens with zero attached hydrogens (tertiary/aromatic N) is 6. The van der Waals surface area contributed by atoms with Gasteiger partial charge in [-0.25, -0.2) is 15.0 Å². The van der Waals surface area contributed by atoms with Crippen LogP contribution in [0.3, 0.4) is 0 Å². The lowest BCUT2D eigenvalue weighted by molar-refractivity contribution is 0.827. The lowest BCUT2D eigenvalue weighted by atomic mass is 10.1. The summed E-state index contributed by atoms with van der Waals surface area (Å²) in [5, 5.41) is 20.6. The molecule has 0 spiro atoms. The third-order valence-corrected chi connectivity index (χ3v) is 4.56. The van der Waals surface area contributed by atoms with Gasteiger partial charge in [-0.3, -0.25) is 0 Å². The number of nitrogens with two attached hydrogens (primary N) is 1. The van der Waals surface area contributed by atoms with E-state index in [1.807, 2.05) is 30.3 Å². The first-order valence-corrected chi connectivity index (χ1v) is 8.69. The Bertz CT molecular complexity index is 1330. The number of fused-ring (bicyclic) bond motifs is 3. The van der Waals surface area contributed by atoms with E-state index >= 15 is 0 Å². The van der Waals surface area contributed by atoms with E-state index in [0.29, 0.717) is 0 Å². The number of para-hydroxylation sites is 1. The molecule has 0 aliphatic heterocycles. The number of nitriles is 2. The summed E-state index contributed by atoms with van der Waals surface area (Å²) in [6.45, 7) is 3.00. The zero-order chi connectivity index (χ0) is 19.7. The second-order valence-corrected chi connectivity index (χ2v) is 6.15. The van der Waals surface area contributed by atoms with E-state index in [1.165, 1.54) is 10.9 Å². The van der Waals surface area contributed by atoms with Crippen molar-refractivity contribution in [3.63, 3.8) is 0 Å². The second kappa shape index (κ2) is 6.82. The molecular formula is C21H15N7. The van der Waals surface area contributed by atoms with Crippen molar-refractivity contribution in [2.75, 3.05) is 5.73 Å². The van der Waals surface area contributed by atoms with Crippen LogP contribution in [0.25, 0.3) is 21.8 Å². The summed E-state index contributed by atoms with van der Waals surface area (Å²) in [5.74, 6) is -0.00359. The average Bonchev–Trinajstić information content (AvgIpc) is 3.05. The summed E-state index contributed by atoms with van der Waals surface area (Å²) in [7, 11) is 0. The van der Waals surface area contributed by atoms with E-state index in [1.54, 1.807) is 6.21 Å². The molecule has 0 bridgehead atoms. The molecule has 0 aliphatic rings. The molecule has 0 amide bonds. The highest BCUT2D eigenvalue weighted by atomic mass is 15.0. The fourth-order valence-corrected chi connectivity index (χ4v) is 3.31. The smallest absolute Gasteiger partial charge is 0.190 e. The summed E-state index contributed by atoms with van der Waals surface area (Å²) >= 11 is 0. The van der Waals surface area contributed by atoms with Gasteiger partial charge in [-0.05, 0) is 30.7 Å². The normalized spacial score (nSPS) is 11.1. The molecule has 2 N–H and O–H groups in total. The van der Waals surface area contributed by atoms with Crippen LogP contribution in [0.2, 0.25) is 0 Å². The largest absolute Gasteiger partial charge is 0.381 e. The van der Waals surface area contributed by atoms with Crippen molar-refractivity contribution in [1.29, 1.82) is 10.5 Å². The Balaban J connectivity index is 1.83. The summed E-state index contributed by atoms with van der Waals surface area (Å²) < 4.78 is 2.27. The van der Waals surface area contributed by atoms with E-state index in [9.17, 15) is 5.26 Å². The van der Waals surface area contributed by atoms with Crippen molar-refractivity contribution in [3.05, 3.63) is 59.4 Å². The van der Waals surface area contributed by atoms with Gasteiger partial charge >= 0.3 is 0 Å². The van der Waals surface area contributed by atoms with Gasteiger partial charge in [0.1, 0.15) is 12.1 Å². The quantitative estimate of drug-likeness (QED) is 0.556. The van der Waals surface area contributed by atoms with Gasteiger partial charge in [-0.15, -0.1) is 0 Å². The van der Waals surface area contributed by atoms with E-state index in [-0.39, 0.29) is 23.0 Å². The van der Waals surface area contributed by atoms with E-state index in [2.05, 4.69) is 50.7 Å². The molecule has 0 saturated heterocycles. The third-order valence-electron chi connectivity index (χ3n) is 4.56. The highest BCUT2D eigenvalue weighted by molar-refractivity contribution is 6.09. The van der Waals surface area contributed by atoms with Crippen LogP contribution in [0.4, 0.5) is 11.6 Å². The number of hydrogen-bond acceptors (Lipinski definition) is 6. The molecule has 4 aromatic rings. The van der Waals surface area contributed by atoms with Crippen LogP contribution < -0.4 is 5.73 Å². The van der Waals surface area contributed by atoms with Gasteiger partial charge in [-0.1, -0.05) is 24.3 Å². The SMILES string of the molecule is CCn1c2ccccc2c2cc(C=Nc3nc(C#N)c(N)nc3C#N)ccc21. The molecule has 0 unspecified atom stereocenters. The number of rotatable bonds is 3. The minimum Gasteiger partial charge on any atom is -0.381 e. The molecule has 0 fully saturated rings.